The lowest BCUT2D eigenvalue weighted by molar-refractivity contribution is 0.0951. The van der Waals surface area contributed by atoms with Crippen molar-refractivity contribution in [2.75, 3.05) is 6.54 Å². The molecule has 0 unspecified atom stereocenters. The van der Waals surface area contributed by atoms with Crippen molar-refractivity contribution in [3.8, 4) is 11.5 Å². The van der Waals surface area contributed by atoms with Crippen LogP contribution >= 0.6 is 11.3 Å². The first-order valence-corrected chi connectivity index (χ1v) is 6.65. The van der Waals surface area contributed by atoms with E-state index in [0.717, 1.165) is 16.8 Å². The van der Waals surface area contributed by atoms with Crippen molar-refractivity contribution in [2.45, 2.75) is 13.3 Å². The average Bonchev–Trinajstić information content (AvgIpc) is 2.75. The van der Waals surface area contributed by atoms with Crippen molar-refractivity contribution in [3.63, 3.8) is 0 Å². The van der Waals surface area contributed by atoms with E-state index in [1.54, 1.807) is 11.3 Å². The molecule has 6 heteroatoms. The number of nitrogens with one attached hydrogen (secondary N) is 1. The van der Waals surface area contributed by atoms with Crippen LogP contribution in [0, 0.1) is 6.92 Å². The van der Waals surface area contributed by atoms with E-state index >= 15 is 0 Å². The van der Waals surface area contributed by atoms with Gasteiger partial charge >= 0.3 is 0 Å². The summed E-state index contributed by atoms with van der Waals surface area (Å²) in [5, 5.41) is 24.4. The van der Waals surface area contributed by atoms with Crippen LogP contribution in [-0.4, -0.2) is 27.6 Å². The highest BCUT2D eigenvalue weighted by molar-refractivity contribution is 7.09. The van der Waals surface area contributed by atoms with Crippen molar-refractivity contribution >= 4 is 17.2 Å². The zero-order valence-corrected chi connectivity index (χ0v) is 11.2. The molecule has 0 fully saturated rings. The molecule has 2 aromatic rings. The van der Waals surface area contributed by atoms with Crippen LogP contribution in [0.1, 0.15) is 21.1 Å². The Morgan fingerprint density at radius 2 is 2.21 bits per heavy atom. The van der Waals surface area contributed by atoms with Gasteiger partial charge in [-0.15, -0.1) is 11.3 Å². The van der Waals surface area contributed by atoms with E-state index in [-0.39, 0.29) is 23.0 Å². The predicted molar refractivity (Wildman–Crippen MR) is 72.7 cm³/mol. The topological polar surface area (TPSA) is 82.5 Å². The number of rotatable bonds is 4. The first kappa shape index (κ1) is 13.4. The highest BCUT2D eigenvalue weighted by atomic mass is 32.1. The first-order chi connectivity index (χ1) is 9.06. The molecule has 0 bridgehead atoms. The van der Waals surface area contributed by atoms with E-state index in [1.807, 2.05) is 12.3 Å². The summed E-state index contributed by atoms with van der Waals surface area (Å²) in [7, 11) is 0. The zero-order valence-electron chi connectivity index (χ0n) is 10.4. The van der Waals surface area contributed by atoms with Crippen molar-refractivity contribution in [3.05, 3.63) is 39.8 Å². The smallest absolute Gasteiger partial charge is 0.255 e. The minimum Gasteiger partial charge on any atom is -0.508 e. The minimum atomic E-state index is -0.371. The first-order valence-electron chi connectivity index (χ1n) is 5.77. The molecule has 100 valence electrons. The molecular formula is C13H14N2O3S. The van der Waals surface area contributed by atoms with Crippen LogP contribution in [0.15, 0.2) is 23.6 Å². The van der Waals surface area contributed by atoms with Crippen molar-refractivity contribution in [1.82, 2.24) is 10.3 Å². The molecule has 19 heavy (non-hydrogen) atoms. The maximum Gasteiger partial charge on any atom is 0.255 e. The quantitative estimate of drug-likeness (QED) is 0.797. The molecule has 5 nitrogen and oxygen atoms in total. The third-order valence-electron chi connectivity index (χ3n) is 2.56. The molecule has 0 radical (unpaired) electrons. The van der Waals surface area contributed by atoms with Crippen LogP contribution < -0.4 is 5.32 Å². The normalized spacial score (nSPS) is 10.4. The van der Waals surface area contributed by atoms with Crippen LogP contribution in [0.2, 0.25) is 0 Å². The van der Waals surface area contributed by atoms with Gasteiger partial charge in [0.25, 0.3) is 5.91 Å². The number of phenolic OH excluding ortho intramolecular Hbond substituents is 2. The summed E-state index contributed by atoms with van der Waals surface area (Å²) in [6, 6.07) is 3.88. The van der Waals surface area contributed by atoms with Crippen LogP contribution in [0.4, 0.5) is 0 Å². The molecular weight excluding hydrogens is 264 g/mol. The maximum atomic E-state index is 11.8. The van der Waals surface area contributed by atoms with Gasteiger partial charge in [-0.3, -0.25) is 4.79 Å². The molecule has 1 amide bonds. The number of aromatic hydroxyl groups is 2. The van der Waals surface area contributed by atoms with E-state index in [9.17, 15) is 9.90 Å². The number of nitrogens with zero attached hydrogens (tertiary/aromatic N) is 1. The number of phenols is 2. The van der Waals surface area contributed by atoms with Gasteiger partial charge in [-0.05, 0) is 19.1 Å². The standard InChI is InChI=1S/C13H14N2O3S/c1-8-15-9(7-19-8)4-5-14-13(18)11-3-2-10(16)6-12(11)17/h2-3,6-7,16-17H,4-5H2,1H3,(H,14,18). The van der Waals surface area contributed by atoms with E-state index in [2.05, 4.69) is 10.3 Å². The van der Waals surface area contributed by atoms with Gasteiger partial charge in [0.2, 0.25) is 0 Å². The number of carbonyl (C=O) groups excluding carboxylic acids is 1. The predicted octanol–water partition coefficient (Wildman–Crippen LogP) is 1.84. The summed E-state index contributed by atoms with van der Waals surface area (Å²) in [6.07, 6.45) is 0.648. The summed E-state index contributed by atoms with van der Waals surface area (Å²) < 4.78 is 0. The third-order valence-corrected chi connectivity index (χ3v) is 3.38. The van der Waals surface area contributed by atoms with E-state index in [0.29, 0.717) is 13.0 Å². The molecule has 0 saturated carbocycles. The van der Waals surface area contributed by atoms with Gasteiger partial charge < -0.3 is 15.5 Å². The summed E-state index contributed by atoms with van der Waals surface area (Å²) >= 11 is 1.57. The monoisotopic (exact) mass is 278 g/mol. The second-order valence-corrected chi connectivity index (χ2v) is 5.13. The lowest BCUT2D eigenvalue weighted by Crippen LogP contribution is -2.25. The van der Waals surface area contributed by atoms with Gasteiger partial charge in [-0.2, -0.15) is 0 Å². The second kappa shape index (κ2) is 5.71. The molecule has 0 saturated heterocycles. The van der Waals surface area contributed by atoms with E-state index < -0.39 is 0 Å². The molecule has 1 aromatic carbocycles. The molecule has 0 aliphatic heterocycles. The van der Waals surface area contributed by atoms with Gasteiger partial charge in [-0.25, -0.2) is 4.98 Å². The molecule has 0 aliphatic rings. The number of hydrogen-bond donors (Lipinski definition) is 3. The fraction of sp³-hybridized carbons (Fsp3) is 0.231. The molecule has 1 aromatic heterocycles. The summed E-state index contributed by atoms with van der Waals surface area (Å²) in [5.74, 6) is -0.682. The Kier molecular flexibility index (Phi) is 4.01. The van der Waals surface area contributed by atoms with Crippen LogP contribution in [0.25, 0.3) is 0 Å². The Labute approximate surface area is 114 Å². The lowest BCUT2D eigenvalue weighted by atomic mass is 10.1. The Bertz CT molecular complexity index is 595. The Balaban J connectivity index is 1.90. The number of carbonyl (C=O) groups is 1. The fourth-order valence-electron chi connectivity index (χ4n) is 1.63. The summed E-state index contributed by atoms with van der Waals surface area (Å²) in [6.45, 7) is 2.38. The SMILES string of the molecule is Cc1nc(CCNC(=O)c2ccc(O)cc2O)cs1. The Hall–Kier alpha value is -2.08. The summed E-state index contributed by atoms with van der Waals surface area (Å²) in [5.41, 5.74) is 1.09. The summed E-state index contributed by atoms with van der Waals surface area (Å²) in [4.78, 5) is 16.1. The molecule has 0 spiro atoms. The second-order valence-electron chi connectivity index (χ2n) is 4.07. The number of benzene rings is 1. The third kappa shape index (κ3) is 3.45. The highest BCUT2D eigenvalue weighted by Gasteiger charge is 2.11. The average molecular weight is 278 g/mol. The molecule has 1 heterocycles. The lowest BCUT2D eigenvalue weighted by Gasteiger charge is -2.06. The van der Waals surface area contributed by atoms with E-state index in [1.165, 1.54) is 12.1 Å². The van der Waals surface area contributed by atoms with Gasteiger partial charge in [0.1, 0.15) is 11.5 Å². The Morgan fingerprint density at radius 3 is 2.84 bits per heavy atom. The fourth-order valence-corrected chi connectivity index (χ4v) is 2.28. The number of amides is 1. The zero-order chi connectivity index (χ0) is 13.8. The molecule has 2 rings (SSSR count). The van der Waals surface area contributed by atoms with Gasteiger partial charge in [-0.1, -0.05) is 0 Å². The van der Waals surface area contributed by atoms with Crippen LogP contribution in [0.3, 0.4) is 0 Å². The molecule has 3 N–H and O–H groups in total. The maximum absolute atomic E-state index is 11.8. The molecule has 0 atom stereocenters. The number of hydrogen-bond acceptors (Lipinski definition) is 5. The number of aryl methyl sites for hydroxylation is 1. The minimum absolute atomic E-state index is 0.0769. The number of aromatic nitrogens is 1. The van der Waals surface area contributed by atoms with Crippen molar-refractivity contribution in [1.29, 1.82) is 0 Å². The van der Waals surface area contributed by atoms with Crippen molar-refractivity contribution in [2.24, 2.45) is 0 Å². The van der Waals surface area contributed by atoms with Crippen LogP contribution in [0.5, 0.6) is 11.5 Å². The molecule has 0 aliphatic carbocycles. The van der Waals surface area contributed by atoms with Gasteiger partial charge in [0, 0.05) is 24.4 Å². The van der Waals surface area contributed by atoms with Crippen LogP contribution in [-0.2, 0) is 6.42 Å². The Morgan fingerprint density at radius 1 is 1.42 bits per heavy atom. The highest BCUT2D eigenvalue weighted by Crippen LogP contribution is 2.22. The van der Waals surface area contributed by atoms with Crippen molar-refractivity contribution < 1.29 is 15.0 Å². The van der Waals surface area contributed by atoms with Gasteiger partial charge in [0.15, 0.2) is 0 Å². The van der Waals surface area contributed by atoms with E-state index in [4.69, 9.17) is 5.11 Å². The van der Waals surface area contributed by atoms with Gasteiger partial charge in [0.05, 0.1) is 16.3 Å². The number of thiazole rings is 1. The largest absolute Gasteiger partial charge is 0.508 e.